The summed E-state index contributed by atoms with van der Waals surface area (Å²) in [6, 6.07) is 42.8. The van der Waals surface area contributed by atoms with Gasteiger partial charge in [0.2, 0.25) is 0 Å². The van der Waals surface area contributed by atoms with Crippen LogP contribution in [-0.4, -0.2) is 6.66 Å². The Morgan fingerprint density at radius 3 is 1.53 bits per heavy atom. The second kappa shape index (κ2) is 6.66. The number of hydrogen-bond donors (Lipinski definition) is 0. The van der Waals surface area contributed by atoms with Crippen LogP contribution < -0.4 is 15.9 Å². The van der Waals surface area contributed by atoms with Gasteiger partial charge in [-0.05, 0) is 0 Å². The van der Waals surface area contributed by atoms with Crippen molar-refractivity contribution >= 4 is 55.5 Å². The predicted octanol–water partition coefficient (Wildman–Crippen LogP) is 6.24. The van der Waals surface area contributed by atoms with Gasteiger partial charge in [0.05, 0.1) is 0 Å². The molecule has 1 heteroatoms. The van der Waals surface area contributed by atoms with E-state index in [0.29, 0.717) is 0 Å². The van der Waals surface area contributed by atoms with Gasteiger partial charge in [0.15, 0.2) is 0 Å². The second-order valence-corrected chi connectivity index (χ2v) is 12.3. The standard InChI is InChI=1S/C29H23P/c1-30(24-11-4-2-5-12-24,25-13-6-3-7-14-25)27-20-18-23-16-15-21-9-8-10-22-17-19-26(27)29(23)28(21)22/h2-20,30H,1H3. The van der Waals surface area contributed by atoms with Crippen LogP contribution in [-0.2, 0) is 0 Å². The van der Waals surface area contributed by atoms with Crippen molar-refractivity contribution in [1.29, 1.82) is 0 Å². The Morgan fingerprint density at radius 2 is 0.933 bits per heavy atom. The van der Waals surface area contributed by atoms with Gasteiger partial charge >= 0.3 is 177 Å². The van der Waals surface area contributed by atoms with Crippen LogP contribution >= 0.6 is 7.26 Å². The molecule has 0 atom stereocenters. The van der Waals surface area contributed by atoms with E-state index in [0.717, 1.165) is 0 Å². The summed E-state index contributed by atoms with van der Waals surface area (Å²) in [6.45, 7) is 2.50. The van der Waals surface area contributed by atoms with E-state index in [9.17, 15) is 0 Å². The van der Waals surface area contributed by atoms with E-state index in [1.54, 1.807) is 0 Å². The molecule has 30 heavy (non-hydrogen) atoms. The van der Waals surface area contributed by atoms with Crippen LogP contribution in [0.1, 0.15) is 0 Å². The summed E-state index contributed by atoms with van der Waals surface area (Å²) in [5.41, 5.74) is 0. The maximum absolute atomic E-state index is 2.50. The Balaban J connectivity index is 1.77. The van der Waals surface area contributed by atoms with Gasteiger partial charge in [-0.15, -0.1) is 0 Å². The first-order valence-corrected chi connectivity index (χ1v) is 13.0. The summed E-state index contributed by atoms with van der Waals surface area (Å²) in [7, 11) is -2.17. The maximum atomic E-state index is 2.50. The molecule has 0 saturated heterocycles. The van der Waals surface area contributed by atoms with Crippen molar-refractivity contribution in [2.24, 2.45) is 0 Å². The molecule has 0 nitrogen and oxygen atoms in total. The summed E-state index contributed by atoms with van der Waals surface area (Å²) in [4.78, 5) is 0. The molecule has 0 unspecified atom stereocenters. The fraction of sp³-hybridized carbons (Fsp3) is 0.0345. The summed E-state index contributed by atoms with van der Waals surface area (Å²) >= 11 is 0. The van der Waals surface area contributed by atoms with Gasteiger partial charge in [-0.25, -0.2) is 0 Å². The molecule has 0 bridgehead atoms. The molecule has 144 valence electrons. The van der Waals surface area contributed by atoms with Gasteiger partial charge in [-0.3, -0.25) is 0 Å². The Hall–Kier alpha value is -3.21. The molecule has 0 aromatic heterocycles. The van der Waals surface area contributed by atoms with Crippen LogP contribution in [0.3, 0.4) is 0 Å². The Labute approximate surface area is 177 Å². The van der Waals surface area contributed by atoms with E-state index in [1.165, 1.54) is 48.2 Å². The SMILES string of the molecule is C[PH](c1ccccc1)(c1ccccc1)c1ccc2ccc3cccc4ccc1c2c34. The quantitative estimate of drug-likeness (QED) is 0.243. The molecule has 0 radical (unpaired) electrons. The van der Waals surface area contributed by atoms with Crippen molar-refractivity contribution in [3.05, 3.63) is 115 Å². The fourth-order valence-corrected chi connectivity index (χ4v) is 9.03. The van der Waals surface area contributed by atoms with Crippen LogP contribution in [0.15, 0.2) is 115 Å². The number of rotatable bonds is 3. The van der Waals surface area contributed by atoms with Gasteiger partial charge < -0.3 is 0 Å². The van der Waals surface area contributed by atoms with E-state index < -0.39 is 7.26 Å². The predicted molar refractivity (Wildman–Crippen MR) is 136 cm³/mol. The molecular weight excluding hydrogens is 379 g/mol. The van der Waals surface area contributed by atoms with E-state index >= 15 is 0 Å². The van der Waals surface area contributed by atoms with E-state index in [1.807, 2.05) is 0 Å². The number of hydrogen-bond acceptors (Lipinski definition) is 0. The first-order valence-electron chi connectivity index (χ1n) is 10.5. The summed E-state index contributed by atoms with van der Waals surface area (Å²) in [5, 5.41) is 12.6. The molecule has 6 aromatic carbocycles. The monoisotopic (exact) mass is 402 g/mol. The van der Waals surface area contributed by atoms with Crippen LogP contribution in [0.4, 0.5) is 0 Å². The van der Waals surface area contributed by atoms with Crippen molar-refractivity contribution in [3.63, 3.8) is 0 Å². The average molecular weight is 402 g/mol. The zero-order chi connectivity index (χ0) is 20.1. The van der Waals surface area contributed by atoms with Crippen molar-refractivity contribution < 1.29 is 0 Å². The number of benzene rings is 6. The third kappa shape index (κ3) is 2.44. The molecule has 6 rings (SSSR count). The molecule has 0 aliphatic rings. The van der Waals surface area contributed by atoms with Crippen molar-refractivity contribution in [3.8, 4) is 0 Å². The second-order valence-electron chi connectivity index (χ2n) is 8.33. The van der Waals surface area contributed by atoms with E-state index in [-0.39, 0.29) is 0 Å². The van der Waals surface area contributed by atoms with E-state index in [2.05, 4.69) is 122 Å². The average Bonchev–Trinajstić information content (AvgIpc) is 2.83. The Bertz CT molecular complexity index is 1430. The molecule has 0 fully saturated rings. The fourth-order valence-electron chi connectivity index (χ4n) is 5.19. The molecule has 0 heterocycles. The summed E-state index contributed by atoms with van der Waals surface area (Å²) in [6.07, 6.45) is 0. The molecule has 0 spiro atoms. The summed E-state index contributed by atoms with van der Waals surface area (Å²) in [5.74, 6) is 0. The molecular formula is C29H23P. The Kier molecular flexibility index (Phi) is 3.91. The van der Waals surface area contributed by atoms with Crippen LogP contribution in [0.2, 0.25) is 0 Å². The summed E-state index contributed by atoms with van der Waals surface area (Å²) < 4.78 is 0. The molecule has 6 aromatic rings. The van der Waals surface area contributed by atoms with Crippen molar-refractivity contribution in [2.75, 3.05) is 6.66 Å². The molecule has 0 aliphatic heterocycles. The van der Waals surface area contributed by atoms with Crippen molar-refractivity contribution in [2.45, 2.75) is 0 Å². The van der Waals surface area contributed by atoms with E-state index in [4.69, 9.17) is 0 Å². The first-order chi connectivity index (χ1) is 14.8. The zero-order valence-corrected chi connectivity index (χ0v) is 18.0. The molecule has 0 N–H and O–H groups in total. The molecule has 0 amide bonds. The molecule has 0 saturated carbocycles. The van der Waals surface area contributed by atoms with Crippen LogP contribution in [0.25, 0.3) is 32.3 Å². The van der Waals surface area contributed by atoms with Crippen molar-refractivity contribution in [1.82, 2.24) is 0 Å². The van der Waals surface area contributed by atoms with Gasteiger partial charge in [0, 0.05) is 0 Å². The third-order valence-corrected chi connectivity index (χ3v) is 11.3. The normalized spacial score (nSPS) is 12.7. The molecule has 0 aliphatic carbocycles. The topological polar surface area (TPSA) is 0 Å². The van der Waals surface area contributed by atoms with Crippen LogP contribution in [0.5, 0.6) is 0 Å². The minimum absolute atomic E-state index is 1.32. The zero-order valence-electron chi connectivity index (χ0n) is 17.0. The van der Waals surface area contributed by atoms with Crippen LogP contribution in [0, 0.1) is 0 Å². The van der Waals surface area contributed by atoms with Gasteiger partial charge in [-0.1, -0.05) is 0 Å². The van der Waals surface area contributed by atoms with Gasteiger partial charge in [0.1, 0.15) is 0 Å². The first kappa shape index (κ1) is 17.6. The van der Waals surface area contributed by atoms with Gasteiger partial charge in [-0.2, -0.15) is 0 Å². The third-order valence-electron chi connectivity index (χ3n) is 6.77. The van der Waals surface area contributed by atoms with Gasteiger partial charge in [0.25, 0.3) is 0 Å². The Morgan fingerprint density at radius 1 is 0.433 bits per heavy atom. The minimum atomic E-state index is -2.17.